The molecule has 10 nitrogen and oxygen atoms in total. The second-order valence-electron chi connectivity index (χ2n) is 10.7. The number of rotatable bonds is 8. The van der Waals surface area contributed by atoms with Gasteiger partial charge in [0.05, 0.1) is 6.54 Å². The molecule has 1 aromatic carbocycles. The Hall–Kier alpha value is -3.43. The molecular weight excluding hydrogens is 466 g/mol. The molecule has 0 saturated carbocycles. The molecule has 1 fully saturated rings. The Balaban J connectivity index is 1.58. The van der Waals surface area contributed by atoms with Crippen LogP contribution in [0.4, 0.5) is 10.5 Å². The minimum atomic E-state index is -1.13. The zero-order valence-corrected chi connectivity index (χ0v) is 21.6. The fourth-order valence-corrected chi connectivity index (χ4v) is 4.26. The Kier molecular flexibility index (Phi) is 8.05. The van der Waals surface area contributed by atoms with E-state index in [2.05, 4.69) is 5.32 Å². The van der Waals surface area contributed by atoms with Crippen molar-refractivity contribution in [2.45, 2.75) is 84.5 Å². The van der Waals surface area contributed by atoms with Crippen molar-refractivity contribution in [3.05, 3.63) is 29.3 Å². The predicted molar refractivity (Wildman–Crippen MR) is 131 cm³/mol. The predicted octanol–water partition coefficient (Wildman–Crippen LogP) is 3.63. The van der Waals surface area contributed by atoms with Gasteiger partial charge in [0.25, 0.3) is 5.91 Å². The van der Waals surface area contributed by atoms with Crippen molar-refractivity contribution >= 4 is 35.5 Å². The van der Waals surface area contributed by atoms with Crippen LogP contribution >= 0.6 is 0 Å². The molecule has 1 N–H and O–H groups in total. The first-order chi connectivity index (χ1) is 16.8. The highest BCUT2D eigenvalue weighted by molar-refractivity contribution is 6.10. The first-order valence-electron chi connectivity index (χ1n) is 12.2. The third-order valence-corrected chi connectivity index (χ3v) is 5.73. The topological polar surface area (TPSA) is 122 Å². The van der Waals surface area contributed by atoms with E-state index < -0.39 is 29.1 Å². The lowest BCUT2D eigenvalue weighted by atomic mass is 10.1. The van der Waals surface area contributed by atoms with Crippen LogP contribution in [0.3, 0.4) is 0 Å². The number of imide groups is 3. The van der Waals surface area contributed by atoms with Crippen molar-refractivity contribution in [3.63, 3.8) is 0 Å². The van der Waals surface area contributed by atoms with E-state index in [1.807, 2.05) is 26.8 Å². The van der Waals surface area contributed by atoms with E-state index in [9.17, 15) is 24.0 Å². The minimum Gasteiger partial charge on any atom is -0.460 e. The summed E-state index contributed by atoms with van der Waals surface area (Å²) in [4.78, 5) is 63.7. The number of carbonyl (C=O) groups excluding carboxylic acids is 5. The van der Waals surface area contributed by atoms with E-state index in [1.54, 1.807) is 30.9 Å². The Morgan fingerprint density at radius 3 is 2.31 bits per heavy atom. The molecule has 2 heterocycles. The van der Waals surface area contributed by atoms with E-state index in [-0.39, 0.29) is 37.7 Å². The fraction of sp³-hybridized carbons (Fsp3) is 0.577. The monoisotopic (exact) mass is 501 g/mol. The number of ether oxygens (including phenoxy) is 2. The highest BCUT2D eigenvalue weighted by Crippen LogP contribution is 2.31. The zero-order chi connectivity index (χ0) is 26.7. The number of likely N-dealkylation sites (tertiary alicyclic amines) is 1. The molecule has 0 unspecified atom stereocenters. The number of anilines is 1. The van der Waals surface area contributed by atoms with Crippen LogP contribution in [0.15, 0.2) is 18.2 Å². The molecule has 2 aliphatic rings. The second kappa shape index (κ2) is 10.7. The standard InChI is InChI=1S/C26H35N3O7/c1-25(2,3)35-22(32)13-8-14-27-19-10-6-9-17-18(19)15-28(23(17)33)16-26(4,5)36-24(34)29-20(30)11-7-12-21(29)31/h6,9-10,27H,7-8,11-16H2,1-5H3. The number of hydrogen-bond donors (Lipinski definition) is 1. The molecule has 0 atom stereocenters. The summed E-state index contributed by atoms with van der Waals surface area (Å²) < 4.78 is 10.8. The van der Waals surface area contributed by atoms with Crippen molar-refractivity contribution in [1.29, 1.82) is 0 Å². The normalized spacial score (nSPS) is 16.2. The first kappa shape index (κ1) is 27.2. The largest absolute Gasteiger partial charge is 0.460 e. The molecule has 1 aromatic rings. The lowest BCUT2D eigenvalue weighted by Gasteiger charge is -2.32. The van der Waals surface area contributed by atoms with Crippen LogP contribution < -0.4 is 5.32 Å². The van der Waals surface area contributed by atoms with Crippen LogP contribution in [0.2, 0.25) is 0 Å². The summed E-state index contributed by atoms with van der Waals surface area (Å²) in [6, 6.07) is 5.41. The molecule has 0 aromatic heterocycles. The molecule has 4 amide bonds. The number of esters is 1. The number of hydrogen-bond acceptors (Lipinski definition) is 8. The summed E-state index contributed by atoms with van der Waals surface area (Å²) in [5, 5.41) is 3.30. The molecule has 10 heteroatoms. The summed E-state index contributed by atoms with van der Waals surface area (Å²) in [7, 11) is 0. The molecule has 0 aliphatic carbocycles. The van der Waals surface area contributed by atoms with Gasteiger partial charge in [-0.1, -0.05) is 6.07 Å². The first-order valence-corrected chi connectivity index (χ1v) is 12.2. The van der Waals surface area contributed by atoms with Gasteiger partial charge in [0.15, 0.2) is 0 Å². The van der Waals surface area contributed by atoms with E-state index in [0.29, 0.717) is 36.4 Å². The lowest BCUT2D eigenvalue weighted by Crippen LogP contribution is -2.49. The number of benzene rings is 1. The third kappa shape index (κ3) is 6.83. The number of fused-ring (bicyclic) bond motifs is 1. The van der Waals surface area contributed by atoms with Gasteiger partial charge in [-0.2, -0.15) is 4.90 Å². The fourth-order valence-electron chi connectivity index (χ4n) is 4.26. The summed E-state index contributed by atoms with van der Waals surface area (Å²) in [5.74, 6) is -1.59. The highest BCUT2D eigenvalue weighted by atomic mass is 16.6. The van der Waals surface area contributed by atoms with Crippen molar-refractivity contribution in [2.75, 3.05) is 18.4 Å². The van der Waals surface area contributed by atoms with E-state index in [1.165, 1.54) is 0 Å². The molecule has 36 heavy (non-hydrogen) atoms. The van der Waals surface area contributed by atoms with Gasteiger partial charge in [-0.05, 0) is 59.6 Å². The number of nitrogens with zero attached hydrogens (tertiary/aromatic N) is 2. The molecule has 3 rings (SSSR count). The second-order valence-corrected chi connectivity index (χ2v) is 10.7. The molecule has 0 spiro atoms. The van der Waals surface area contributed by atoms with Gasteiger partial charge in [0.1, 0.15) is 11.2 Å². The van der Waals surface area contributed by atoms with Gasteiger partial charge >= 0.3 is 12.1 Å². The van der Waals surface area contributed by atoms with Gasteiger partial charge in [-0.15, -0.1) is 0 Å². The Bertz CT molecular complexity index is 1040. The van der Waals surface area contributed by atoms with Gasteiger partial charge in [-0.3, -0.25) is 19.2 Å². The van der Waals surface area contributed by atoms with Crippen LogP contribution in [0.25, 0.3) is 0 Å². The van der Waals surface area contributed by atoms with Gasteiger partial charge in [-0.25, -0.2) is 4.79 Å². The van der Waals surface area contributed by atoms with Crippen LogP contribution in [0.1, 0.15) is 82.6 Å². The van der Waals surface area contributed by atoms with E-state index in [0.717, 1.165) is 11.3 Å². The Morgan fingerprint density at radius 2 is 1.67 bits per heavy atom. The number of nitrogens with one attached hydrogen (secondary N) is 1. The van der Waals surface area contributed by atoms with Crippen molar-refractivity contribution in [2.24, 2.45) is 0 Å². The van der Waals surface area contributed by atoms with Crippen molar-refractivity contribution in [1.82, 2.24) is 9.80 Å². The minimum absolute atomic E-state index is 0.0839. The quantitative estimate of drug-likeness (QED) is 0.326. The lowest BCUT2D eigenvalue weighted by molar-refractivity contribution is -0.155. The van der Waals surface area contributed by atoms with E-state index >= 15 is 0 Å². The van der Waals surface area contributed by atoms with Gasteiger partial charge < -0.3 is 19.7 Å². The molecule has 196 valence electrons. The van der Waals surface area contributed by atoms with Crippen LogP contribution in [0, 0.1) is 0 Å². The van der Waals surface area contributed by atoms with Crippen LogP contribution in [0.5, 0.6) is 0 Å². The number of amides is 4. The highest BCUT2D eigenvalue weighted by Gasteiger charge is 2.39. The number of piperidine rings is 1. The third-order valence-electron chi connectivity index (χ3n) is 5.73. The maximum absolute atomic E-state index is 13.0. The molecule has 1 saturated heterocycles. The summed E-state index contributed by atoms with van der Waals surface area (Å²) >= 11 is 0. The Labute approximate surface area is 211 Å². The van der Waals surface area contributed by atoms with E-state index in [4.69, 9.17) is 9.47 Å². The number of carbonyl (C=O) groups is 5. The molecule has 0 radical (unpaired) electrons. The Morgan fingerprint density at radius 1 is 1.00 bits per heavy atom. The SMILES string of the molecule is CC(C)(C)OC(=O)CCCNc1cccc2c1CN(CC(C)(C)OC(=O)N1C(=O)CCCC1=O)C2=O. The molecule has 2 aliphatic heterocycles. The van der Waals surface area contributed by atoms with Crippen LogP contribution in [-0.4, -0.2) is 63.9 Å². The van der Waals surface area contributed by atoms with Crippen LogP contribution in [-0.2, 0) is 30.4 Å². The van der Waals surface area contributed by atoms with Crippen molar-refractivity contribution in [3.8, 4) is 0 Å². The zero-order valence-electron chi connectivity index (χ0n) is 21.6. The maximum Gasteiger partial charge on any atom is 0.424 e. The average molecular weight is 502 g/mol. The smallest absolute Gasteiger partial charge is 0.424 e. The van der Waals surface area contributed by atoms with Gasteiger partial charge in [0.2, 0.25) is 11.8 Å². The van der Waals surface area contributed by atoms with Gasteiger partial charge in [0, 0.05) is 49.2 Å². The summed E-state index contributed by atoms with van der Waals surface area (Å²) in [5.41, 5.74) is 0.523. The van der Waals surface area contributed by atoms with Crippen molar-refractivity contribution < 1.29 is 33.4 Å². The average Bonchev–Trinajstić information content (AvgIpc) is 3.05. The molecular formula is C26H35N3O7. The maximum atomic E-state index is 13.0. The summed E-state index contributed by atoms with van der Waals surface area (Å²) in [6.07, 6.45) is 0.511. The summed E-state index contributed by atoms with van der Waals surface area (Å²) in [6.45, 7) is 9.68. The molecule has 0 bridgehead atoms.